The summed E-state index contributed by atoms with van der Waals surface area (Å²) in [4.78, 5) is 0. The third-order valence-electron chi connectivity index (χ3n) is 3.04. The highest BCUT2D eigenvalue weighted by molar-refractivity contribution is 7.86. The molecule has 0 aromatic rings. The van der Waals surface area contributed by atoms with E-state index < -0.39 is 10.1 Å². The van der Waals surface area contributed by atoms with Gasteiger partial charge in [0.1, 0.15) is 0 Å². The van der Waals surface area contributed by atoms with Gasteiger partial charge in [-0.1, -0.05) is 6.92 Å². The smallest absolute Gasteiger partial charge is 0.267 e. The maximum atomic E-state index is 11.4. The number of ether oxygens (including phenoxy) is 1. The van der Waals surface area contributed by atoms with Gasteiger partial charge in [-0.2, -0.15) is 8.42 Å². The lowest BCUT2D eigenvalue weighted by Gasteiger charge is -2.35. The van der Waals surface area contributed by atoms with Gasteiger partial charge in [0.15, 0.2) is 0 Å². The molecule has 4 nitrogen and oxygen atoms in total. The molecule has 0 radical (unpaired) electrons. The second-order valence-electron chi connectivity index (χ2n) is 3.83. The van der Waals surface area contributed by atoms with Crippen LogP contribution in [0.25, 0.3) is 0 Å². The van der Waals surface area contributed by atoms with Gasteiger partial charge in [-0.25, -0.2) is 0 Å². The molecule has 1 aliphatic rings. The lowest BCUT2D eigenvalue weighted by Crippen LogP contribution is -2.36. The lowest BCUT2D eigenvalue weighted by atomic mass is 9.80. The van der Waals surface area contributed by atoms with Crippen molar-refractivity contribution in [1.82, 2.24) is 0 Å². The van der Waals surface area contributed by atoms with E-state index in [0.717, 1.165) is 19.3 Å². The van der Waals surface area contributed by atoms with Gasteiger partial charge in [-0.3, -0.25) is 4.18 Å². The molecule has 1 saturated heterocycles. The average Bonchev–Trinajstić information content (AvgIpc) is 2.19. The highest BCUT2D eigenvalue weighted by Gasteiger charge is 2.35. The Morgan fingerprint density at radius 3 is 2.36 bits per heavy atom. The van der Waals surface area contributed by atoms with Gasteiger partial charge in [-0.15, -0.1) is 0 Å². The summed E-state index contributed by atoms with van der Waals surface area (Å²) in [5, 5.41) is 0. The second-order valence-corrected chi connectivity index (χ2v) is 5.57. The molecule has 0 aromatic carbocycles. The molecule has 0 N–H and O–H groups in total. The summed E-state index contributed by atoms with van der Waals surface area (Å²) in [6, 6.07) is 0. The molecular weight excluding hydrogens is 204 g/mol. The summed E-state index contributed by atoms with van der Waals surface area (Å²) in [5.74, 6) is 0.121. The van der Waals surface area contributed by atoms with Crippen molar-refractivity contribution in [3.8, 4) is 0 Å². The Morgan fingerprint density at radius 1 is 1.36 bits per heavy atom. The normalized spacial score (nSPS) is 22.1. The fraction of sp³-hybridized carbons (Fsp3) is 1.00. The van der Waals surface area contributed by atoms with Crippen LogP contribution in [0.1, 0.15) is 26.2 Å². The molecule has 1 heterocycles. The van der Waals surface area contributed by atoms with E-state index in [0.29, 0.717) is 13.2 Å². The Labute approximate surface area is 85.7 Å². The van der Waals surface area contributed by atoms with Crippen molar-refractivity contribution in [3.05, 3.63) is 0 Å². The van der Waals surface area contributed by atoms with Crippen LogP contribution in [0.4, 0.5) is 0 Å². The van der Waals surface area contributed by atoms with E-state index in [1.54, 1.807) is 0 Å². The fourth-order valence-corrected chi connectivity index (χ4v) is 3.20. The molecular formula is C9H18O4S. The van der Waals surface area contributed by atoms with Crippen molar-refractivity contribution >= 4 is 10.1 Å². The van der Waals surface area contributed by atoms with E-state index in [4.69, 9.17) is 4.74 Å². The average molecular weight is 222 g/mol. The van der Waals surface area contributed by atoms with Gasteiger partial charge in [0.2, 0.25) is 0 Å². The third kappa shape index (κ3) is 2.93. The summed E-state index contributed by atoms with van der Waals surface area (Å²) in [5.41, 5.74) is -0.132. The first-order chi connectivity index (χ1) is 6.54. The second kappa shape index (κ2) is 4.59. The highest BCUT2D eigenvalue weighted by Crippen LogP contribution is 2.35. The van der Waals surface area contributed by atoms with Crippen molar-refractivity contribution in [2.75, 3.05) is 26.1 Å². The van der Waals surface area contributed by atoms with E-state index in [1.165, 1.54) is 7.11 Å². The van der Waals surface area contributed by atoms with Crippen molar-refractivity contribution in [2.45, 2.75) is 26.2 Å². The van der Waals surface area contributed by atoms with E-state index >= 15 is 0 Å². The maximum absolute atomic E-state index is 11.4. The molecule has 0 unspecified atom stereocenters. The van der Waals surface area contributed by atoms with Crippen molar-refractivity contribution in [2.24, 2.45) is 5.41 Å². The minimum absolute atomic E-state index is 0.121. The molecule has 0 aliphatic carbocycles. The van der Waals surface area contributed by atoms with Gasteiger partial charge in [-0.05, 0) is 24.7 Å². The lowest BCUT2D eigenvalue weighted by molar-refractivity contribution is 0.0229. The molecule has 0 aromatic heterocycles. The van der Waals surface area contributed by atoms with Crippen LogP contribution in [-0.2, 0) is 19.0 Å². The molecule has 0 spiro atoms. The van der Waals surface area contributed by atoms with E-state index in [1.807, 2.05) is 6.92 Å². The standard InChI is InChI=1S/C9H18O4S/c1-3-9(4-6-13-7-5-9)8-14(10,11)12-2/h3-8H2,1-2H3. The highest BCUT2D eigenvalue weighted by atomic mass is 32.2. The predicted molar refractivity (Wildman–Crippen MR) is 53.6 cm³/mol. The third-order valence-corrected chi connectivity index (χ3v) is 4.51. The summed E-state index contributed by atoms with van der Waals surface area (Å²) in [7, 11) is -2.12. The van der Waals surface area contributed by atoms with Crippen LogP contribution < -0.4 is 0 Å². The topological polar surface area (TPSA) is 52.6 Å². The van der Waals surface area contributed by atoms with Gasteiger partial charge >= 0.3 is 0 Å². The van der Waals surface area contributed by atoms with Crippen LogP contribution in [-0.4, -0.2) is 34.5 Å². The quantitative estimate of drug-likeness (QED) is 0.670. The molecule has 0 bridgehead atoms. The van der Waals surface area contributed by atoms with E-state index in [9.17, 15) is 8.42 Å². The Morgan fingerprint density at radius 2 is 1.93 bits per heavy atom. The Hall–Kier alpha value is -0.130. The minimum atomic E-state index is -3.35. The Bertz CT molecular complexity index is 265. The fourth-order valence-electron chi connectivity index (χ4n) is 1.84. The zero-order chi connectivity index (χ0) is 10.7. The van der Waals surface area contributed by atoms with Gasteiger partial charge < -0.3 is 4.74 Å². The molecule has 84 valence electrons. The minimum Gasteiger partial charge on any atom is -0.381 e. The number of hydrogen-bond donors (Lipinski definition) is 0. The molecule has 0 atom stereocenters. The van der Waals surface area contributed by atoms with Crippen LogP contribution in [0.2, 0.25) is 0 Å². The summed E-state index contributed by atoms with van der Waals surface area (Å²) in [6.07, 6.45) is 2.48. The molecule has 1 fully saturated rings. The zero-order valence-corrected chi connectivity index (χ0v) is 9.60. The summed E-state index contributed by atoms with van der Waals surface area (Å²) >= 11 is 0. The van der Waals surface area contributed by atoms with Gasteiger partial charge in [0.05, 0.1) is 12.9 Å². The van der Waals surface area contributed by atoms with Gasteiger partial charge in [0.25, 0.3) is 10.1 Å². The van der Waals surface area contributed by atoms with Crippen molar-refractivity contribution in [3.63, 3.8) is 0 Å². The first kappa shape index (κ1) is 11.9. The van der Waals surface area contributed by atoms with Crippen LogP contribution in [0.5, 0.6) is 0 Å². The van der Waals surface area contributed by atoms with Crippen LogP contribution in [0, 0.1) is 5.41 Å². The molecule has 1 aliphatic heterocycles. The largest absolute Gasteiger partial charge is 0.381 e. The molecule has 0 amide bonds. The monoisotopic (exact) mass is 222 g/mol. The van der Waals surface area contributed by atoms with E-state index in [2.05, 4.69) is 4.18 Å². The summed E-state index contributed by atoms with van der Waals surface area (Å²) < 4.78 is 32.5. The first-order valence-corrected chi connectivity index (χ1v) is 6.47. The van der Waals surface area contributed by atoms with Gasteiger partial charge in [0, 0.05) is 13.2 Å². The molecule has 14 heavy (non-hydrogen) atoms. The van der Waals surface area contributed by atoms with Crippen molar-refractivity contribution in [1.29, 1.82) is 0 Å². The predicted octanol–water partition coefficient (Wildman–Crippen LogP) is 1.17. The van der Waals surface area contributed by atoms with Crippen molar-refractivity contribution < 1.29 is 17.3 Å². The Balaban J connectivity index is 2.70. The van der Waals surface area contributed by atoms with Crippen LogP contribution >= 0.6 is 0 Å². The number of hydrogen-bond acceptors (Lipinski definition) is 4. The SMILES string of the molecule is CCC1(CS(=O)(=O)OC)CCOCC1. The zero-order valence-electron chi connectivity index (χ0n) is 8.78. The van der Waals surface area contributed by atoms with E-state index in [-0.39, 0.29) is 11.2 Å². The van der Waals surface area contributed by atoms with Crippen LogP contribution in [0.3, 0.4) is 0 Å². The molecule has 5 heteroatoms. The number of rotatable bonds is 4. The van der Waals surface area contributed by atoms with Crippen LogP contribution in [0.15, 0.2) is 0 Å². The summed E-state index contributed by atoms with van der Waals surface area (Å²) in [6.45, 7) is 3.34. The molecule has 0 saturated carbocycles. The Kier molecular flexibility index (Phi) is 3.92. The first-order valence-electron chi connectivity index (χ1n) is 4.90. The maximum Gasteiger partial charge on any atom is 0.267 e. The molecule has 1 rings (SSSR count).